The van der Waals surface area contributed by atoms with E-state index in [4.69, 9.17) is 4.74 Å². The standard InChI is InChI=1S/C21H22O4/c1-2-3-8-18(20(22)23)21(24)25-13-19-16-11-6-4-9-14(16)15-10-5-7-12-17(15)19/h4-7,9-12,18-19H,2-3,8,13H2,1H3,(H,22,23). The number of benzene rings is 2. The van der Waals surface area contributed by atoms with E-state index < -0.39 is 17.9 Å². The number of carboxylic acids is 1. The summed E-state index contributed by atoms with van der Waals surface area (Å²) in [6.07, 6.45) is 1.87. The molecule has 0 bridgehead atoms. The molecule has 2 aromatic rings. The molecule has 0 aromatic heterocycles. The Balaban J connectivity index is 1.77. The van der Waals surface area contributed by atoms with Crippen LogP contribution in [0.5, 0.6) is 0 Å². The molecule has 3 rings (SSSR count). The largest absolute Gasteiger partial charge is 0.481 e. The van der Waals surface area contributed by atoms with Gasteiger partial charge >= 0.3 is 11.9 Å². The summed E-state index contributed by atoms with van der Waals surface area (Å²) in [5, 5.41) is 9.28. The van der Waals surface area contributed by atoms with Gasteiger partial charge in [0.05, 0.1) is 0 Å². The van der Waals surface area contributed by atoms with Gasteiger partial charge in [0.25, 0.3) is 0 Å². The molecule has 1 aliphatic rings. The smallest absolute Gasteiger partial charge is 0.320 e. The topological polar surface area (TPSA) is 63.6 Å². The highest BCUT2D eigenvalue weighted by Crippen LogP contribution is 2.44. The van der Waals surface area contributed by atoms with Crippen LogP contribution in [-0.2, 0) is 14.3 Å². The third-order valence-corrected chi connectivity index (χ3v) is 4.78. The molecule has 130 valence electrons. The number of esters is 1. The Morgan fingerprint density at radius 1 is 1.04 bits per heavy atom. The van der Waals surface area contributed by atoms with Crippen LogP contribution in [0, 0.1) is 5.92 Å². The van der Waals surface area contributed by atoms with Gasteiger partial charge in [0.1, 0.15) is 6.61 Å². The summed E-state index contributed by atoms with van der Waals surface area (Å²) in [6, 6.07) is 16.2. The molecule has 0 saturated carbocycles. The lowest BCUT2D eigenvalue weighted by atomic mass is 9.98. The number of rotatable bonds is 7. The fraction of sp³-hybridized carbons (Fsp3) is 0.333. The third kappa shape index (κ3) is 3.43. The molecule has 2 aromatic carbocycles. The lowest BCUT2D eigenvalue weighted by Gasteiger charge is -2.16. The molecule has 1 unspecified atom stereocenters. The van der Waals surface area contributed by atoms with Crippen molar-refractivity contribution in [2.24, 2.45) is 5.92 Å². The van der Waals surface area contributed by atoms with Crippen molar-refractivity contribution in [3.63, 3.8) is 0 Å². The molecule has 0 fully saturated rings. The predicted octanol–water partition coefficient (Wildman–Crippen LogP) is 4.23. The number of ether oxygens (including phenoxy) is 1. The van der Waals surface area contributed by atoms with Gasteiger partial charge in [0, 0.05) is 5.92 Å². The Labute approximate surface area is 147 Å². The number of hydrogen-bond donors (Lipinski definition) is 1. The van der Waals surface area contributed by atoms with Crippen LogP contribution in [0.25, 0.3) is 11.1 Å². The van der Waals surface area contributed by atoms with Crippen molar-refractivity contribution >= 4 is 11.9 Å². The van der Waals surface area contributed by atoms with E-state index in [2.05, 4.69) is 12.1 Å². The minimum Gasteiger partial charge on any atom is -0.481 e. The van der Waals surface area contributed by atoms with E-state index in [9.17, 15) is 14.7 Å². The summed E-state index contributed by atoms with van der Waals surface area (Å²) >= 11 is 0. The molecule has 0 saturated heterocycles. The van der Waals surface area contributed by atoms with E-state index in [1.807, 2.05) is 43.3 Å². The normalized spacial score (nSPS) is 13.8. The number of carbonyl (C=O) groups is 2. The molecular weight excluding hydrogens is 316 g/mol. The molecule has 0 aliphatic heterocycles. The maximum Gasteiger partial charge on any atom is 0.320 e. The summed E-state index contributed by atoms with van der Waals surface area (Å²) in [5.41, 5.74) is 4.55. The first-order valence-corrected chi connectivity index (χ1v) is 8.71. The van der Waals surface area contributed by atoms with Crippen molar-refractivity contribution in [3.05, 3.63) is 59.7 Å². The highest BCUT2D eigenvalue weighted by molar-refractivity contribution is 5.94. The fourth-order valence-corrected chi connectivity index (χ4v) is 3.46. The van der Waals surface area contributed by atoms with Crippen molar-refractivity contribution < 1.29 is 19.4 Å². The first kappa shape index (κ1) is 17.2. The second kappa shape index (κ2) is 7.51. The van der Waals surface area contributed by atoms with Gasteiger partial charge in [-0.15, -0.1) is 0 Å². The summed E-state index contributed by atoms with van der Waals surface area (Å²) in [7, 11) is 0. The zero-order valence-electron chi connectivity index (χ0n) is 14.3. The van der Waals surface area contributed by atoms with E-state index in [0.717, 1.165) is 28.7 Å². The number of fused-ring (bicyclic) bond motifs is 3. The minimum atomic E-state index is -1.11. The third-order valence-electron chi connectivity index (χ3n) is 4.78. The second-order valence-corrected chi connectivity index (χ2v) is 6.39. The summed E-state index contributed by atoms with van der Waals surface area (Å²) in [5.74, 6) is -2.86. The first-order chi connectivity index (χ1) is 12.1. The van der Waals surface area contributed by atoms with E-state index in [1.165, 1.54) is 0 Å². The zero-order chi connectivity index (χ0) is 17.8. The number of carbonyl (C=O) groups excluding carboxylic acids is 1. The monoisotopic (exact) mass is 338 g/mol. The Kier molecular flexibility index (Phi) is 5.17. The van der Waals surface area contributed by atoms with Crippen molar-refractivity contribution in [1.29, 1.82) is 0 Å². The van der Waals surface area contributed by atoms with Crippen molar-refractivity contribution in [1.82, 2.24) is 0 Å². The first-order valence-electron chi connectivity index (χ1n) is 8.71. The van der Waals surface area contributed by atoms with Crippen LogP contribution >= 0.6 is 0 Å². The fourth-order valence-electron chi connectivity index (χ4n) is 3.46. The Morgan fingerprint density at radius 3 is 2.12 bits per heavy atom. The molecule has 4 nitrogen and oxygen atoms in total. The number of hydrogen-bond acceptors (Lipinski definition) is 3. The van der Waals surface area contributed by atoms with Crippen molar-refractivity contribution in [3.8, 4) is 11.1 Å². The number of aliphatic carboxylic acids is 1. The van der Waals surface area contributed by atoms with E-state index in [0.29, 0.717) is 12.8 Å². The molecule has 1 aliphatic carbocycles. The van der Waals surface area contributed by atoms with Gasteiger partial charge in [-0.3, -0.25) is 9.59 Å². The predicted molar refractivity (Wildman–Crippen MR) is 95.3 cm³/mol. The highest BCUT2D eigenvalue weighted by Gasteiger charge is 2.32. The molecular formula is C21H22O4. The average Bonchev–Trinajstić information content (AvgIpc) is 2.94. The van der Waals surface area contributed by atoms with Crippen LogP contribution in [0.2, 0.25) is 0 Å². The van der Waals surface area contributed by atoms with Gasteiger partial charge in [-0.2, -0.15) is 0 Å². The molecule has 0 radical (unpaired) electrons. The van der Waals surface area contributed by atoms with Crippen LogP contribution in [0.3, 0.4) is 0 Å². The number of carboxylic acid groups (broad SMARTS) is 1. The lowest BCUT2D eigenvalue weighted by Crippen LogP contribution is -2.27. The summed E-state index contributed by atoms with van der Waals surface area (Å²) in [6.45, 7) is 2.14. The van der Waals surface area contributed by atoms with Crippen molar-refractivity contribution in [2.75, 3.05) is 6.61 Å². The van der Waals surface area contributed by atoms with Crippen LogP contribution < -0.4 is 0 Å². The molecule has 1 N–H and O–H groups in total. The Hall–Kier alpha value is -2.62. The van der Waals surface area contributed by atoms with Gasteiger partial charge in [0.2, 0.25) is 0 Å². The van der Waals surface area contributed by atoms with E-state index in [1.54, 1.807) is 0 Å². The minimum absolute atomic E-state index is 0.0445. The maximum atomic E-state index is 12.3. The molecule has 25 heavy (non-hydrogen) atoms. The molecule has 0 spiro atoms. The van der Waals surface area contributed by atoms with Gasteiger partial charge in [0.15, 0.2) is 5.92 Å². The summed E-state index contributed by atoms with van der Waals surface area (Å²) in [4.78, 5) is 23.6. The average molecular weight is 338 g/mol. The van der Waals surface area contributed by atoms with Crippen molar-refractivity contribution in [2.45, 2.75) is 32.1 Å². The van der Waals surface area contributed by atoms with Gasteiger partial charge in [-0.25, -0.2) is 0 Å². The SMILES string of the molecule is CCCCC(C(=O)O)C(=O)OCC1c2ccccc2-c2ccccc21. The van der Waals surface area contributed by atoms with E-state index >= 15 is 0 Å². The van der Waals surface area contributed by atoms with Gasteiger partial charge in [-0.05, 0) is 28.7 Å². The molecule has 4 heteroatoms. The molecule has 1 atom stereocenters. The van der Waals surface area contributed by atoms with Gasteiger partial charge in [-0.1, -0.05) is 68.3 Å². The number of unbranched alkanes of at least 4 members (excludes halogenated alkanes) is 1. The lowest BCUT2D eigenvalue weighted by molar-refractivity contribution is -0.159. The Bertz CT molecular complexity index is 735. The van der Waals surface area contributed by atoms with Crippen LogP contribution in [-0.4, -0.2) is 23.7 Å². The highest BCUT2D eigenvalue weighted by atomic mass is 16.5. The van der Waals surface area contributed by atoms with Gasteiger partial charge < -0.3 is 9.84 Å². The quantitative estimate of drug-likeness (QED) is 0.606. The zero-order valence-corrected chi connectivity index (χ0v) is 14.3. The molecule has 0 heterocycles. The van der Waals surface area contributed by atoms with E-state index in [-0.39, 0.29) is 12.5 Å². The van der Waals surface area contributed by atoms with Crippen LogP contribution in [0.4, 0.5) is 0 Å². The van der Waals surface area contributed by atoms with Crippen LogP contribution in [0.1, 0.15) is 43.2 Å². The maximum absolute atomic E-state index is 12.3. The van der Waals surface area contributed by atoms with Crippen LogP contribution in [0.15, 0.2) is 48.5 Å². The summed E-state index contributed by atoms with van der Waals surface area (Å²) < 4.78 is 5.44. The molecule has 0 amide bonds. The Morgan fingerprint density at radius 2 is 1.60 bits per heavy atom. The second-order valence-electron chi connectivity index (χ2n) is 6.39.